The van der Waals surface area contributed by atoms with E-state index in [0.717, 1.165) is 0 Å². The summed E-state index contributed by atoms with van der Waals surface area (Å²) < 4.78 is 0. The molecule has 0 amide bonds. The van der Waals surface area contributed by atoms with Gasteiger partial charge < -0.3 is 26.4 Å². The first-order chi connectivity index (χ1) is 13.5. The van der Waals surface area contributed by atoms with Crippen LogP contribution in [0.2, 0.25) is 0 Å². The highest BCUT2D eigenvalue weighted by Gasteiger charge is 2.40. The van der Waals surface area contributed by atoms with E-state index in [2.05, 4.69) is 5.32 Å². The minimum atomic E-state index is -0.527. The molecule has 1 aliphatic carbocycles. The minimum Gasteiger partial charge on any atom is -0.507 e. The SMILES string of the molecule is NCC1c2ccc(c3c2C(=O)c2c(O)ccc(O)c2C3=O)NCCN1CCO. The molecule has 2 aromatic carbocycles. The molecule has 2 aromatic rings. The number of benzene rings is 2. The van der Waals surface area contributed by atoms with Crippen molar-refractivity contribution in [1.82, 2.24) is 4.90 Å². The van der Waals surface area contributed by atoms with Gasteiger partial charge in [0.2, 0.25) is 0 Å². The molecule has 1 unspecified atom stereocenters. The quantitative estimate of drug-likeness (QED) is 0.415. The van der Waals surface area contributed by atoms with Crippen LogP contribution in [0.15, 0.2) is 24.3 Å². The van der Waals surface area contributed by atoms with E-state index in [1.807, 2.05) is 4.90 Å². The van der Waals surface area contributed by atoms with Gasteiger partial charge in [0.05, 0.1) is 23.3 Å². The molecule has 8 nitrogen and oxygen atoms in total. The van der Waals surface area contributed by atoms with Gasteiger partial charge in [-0.3, -0.25) is 14.5 Å². The number of phenolic OH excluding ortho intramolecular Hbond substituents is 2. The Labute approximate surface area is 161 Å². The van der Waals surface area contributed by atoms with Gasteiger partial charge in [0.1, 0.15) is 11.5 Å². The first-order valence-corrected chi connectivity index (χ1v) is 9.09. The number of hydrogen-bond acceptors (Lipinski definition) is 8. The average molecular weight is 383 g/mol. The summed E-state index contributed by atoms with van der Waals surface area (Å²) in [5.74, 6) is -1.75. The molecule has 0 radical (unpaired) electrons. The van der Waals surface area contributed by atoms with Crippen molar-refractivity contribution in [2.24, 2.45) is 5.73 Å². The zero-order valence-electron chi connectivity index (χ0n) is 15.1. The van der Waals surface area contributed by atoms with Crippen molar-refractivity contribution in [2.75, 3.05) is 38.1 Å². The van der Waals surface area contributed by atoms with Crippen LogP contribution in [0.1, 0.15) is 43.4 Å². The molecule has 2 bridgehead atoms. The maximum Gasteiger partial charge on any atom is 0.200 e. The molecule has 2 aliphatic rings. The molecular formula is C20H21N3O5. The average Bonchev–Trinajstić information content (AvgIpc) is 2.80. The number of carbonyl (C=O) groups is 2. The Morgan fingerprint density at radius 2 is 1.64 bits per heavy atom. The number of ketones is 2. The molecule has 0 aromatic heterocycles. The molecule has 1 aliphatic heterocycles. The first-order valence-electron chi connectivity index (χ1n) is 9.09. The predicted octanol–water partition coefficient (Wildman–Crippen LogP) is 0.593. The standard InChI is InChI=1S/C20H21N3O5/c21-9-12-10-1-2-11(22-5-6-23(12)7-8-24)16-15(10)19(27)17-13(25)3-4-14(26)18(17)20(16)28/h1-4,12,22,24-26H,5-9,21H2. The molecule has 8 heteroatoms. The number of phenols is 2. The van der Waals surface area contributed by atoms with Gasteiger partial charge in [-0.15, -0.1) is 0 Å². The van der Waals surface area contributed by atoms with E-state index in [-0.39, 0.29) is 52.9 Å². The van der Waals surface area contributed by atoms with Crippen LogP contribution < -0.4 is 11.1 Å². The number of anilines is 1. The molecular weight excluding hydrogens is 362 g/mol. The van der Waals surface area contributed by atoms with Gasteiger partial charge >= 0.3 is 0 Å². The Kier molecular flexibility index (Phi) is 4.54. The van der Waals surface area contributed by atoms with Gasteiger partial charge in [-0.05, 0) is 23.8 Å². The summed E-state index contributed by atoms with van der Waals surface area (Å²) in [5, 5.41) is 33.1. The third kappa shape index (κ3) is 2.57. The van der Waals surface area contributed by atoms with E-state index in [1.54, 1.807) is 12.1 Å². The largest absolute Gasteiger partial charge is 0.507 e. The number of fused-ring (bicyclic) bond motifs is 7. The number of nitrogens with one attached hydrogen (secondary N) is 1. The fourth-order valence-corrected chi connectivity index (χ4v) is 4.17. The second kappa shape index (κ2) is 6.90. The monoisotopic (exact) mass is 383 g/mol. The lowest BCUT2D eigenvalue weighted by molar-refractivity contribution is 0.0971. The molecule has 28 heavy (non-hydrogen) atoms. The van der Waals surface area contributed by atoms with Crippen LogP contribution >= 0.6 is 0 Å². The Morgan fingerprint density at radius 3 is 2.25 bits per heavy atom. The van der Waals surface area contributed by atoms with Crippen molar-refractivity contribution in [3.8, 4) is 11.5 Å². The number of carbonyl (C=O) groups excluding carboxylic acids is 2. The van der Waals surface area contributed by atoms with Crippen LogP contribution in [0.5, 0.6) is 11.5 Å². The van der Waals surface area contributed by atoms with Crippen LogP contribution in [0.25, 0.3) is 0 Å². The van der Waals surface area contributed by atoms with Gasteiger partial charge in [-0.25, -0.2) is 0 Å². The third-order valence-electron chi connectivity index (χ3n) is 5.43. The predicted molar refractivity (Wildman–Crippen MR) is 102 cm³/mol. The summed E-state index contributed by atoms with van der Waals surface area (Å²) in [5.41, 5.74) is 7.07. The lowest BCUT2D eigenvalue weighted by Crippen LogP contribution is -2.39. The van der Waals surface area contributed by atoms with Crippen molar-refractivity contribution < 1.29 is 24.9 Å². The van der Waals surface area contributed by atoms with Gasteiger partial charge in [-0.1, -0.05) is 6.07 Å². The number of aliphatic hydroxyl groups excluding tert-OH is 1. The van der Waals surface area contributed by atoms with Crippen LogP contribution in [0, 0.1) is 0 Å². The fraction of sp³-hybridized carbons (Fsp3) is 0.300. The number of aromatic hydroxyl groups is 2. The van der Waals surface area contributed by atoms with Crippen molar-refractivity contribution in [2.45, 2.75) is 6.04 Å². The number of β-amino-alcohol motifs (C(OH)–C–C–N with tert-alkyl or cyclic N) is 1. The third-order valence-corrected chi connectivity index (χ3v) is 5.43. The highest BCUT2D eigenvalue weighted by Crippen LogP contribution is 2.43. The molecule has 1 atom stereocenters. The molecule has 6 N–H and O–H groups in total. The number of aliphatic hydroxyl groups is 1. The fourth-order valence-electron chi connectivity index (χ4n) is 4.17. The first kappa shape index (κ1) is 18.4. The van der Waals surface area contributed by atoms with E-state index < -0.39 is 11.6 Å². The molecule has 4 rings (SSSR count). The summed E-state index contributed by atoms with van der Waals surface area (Å²) >= 11 is 0. The van der Waals surface area contributed by atoms with Crippen LogP contribution in [-0.4, -0.2) is 64.6 Å². The second-order valence-electron chi connectivity index (χ2n) is 6.90. The maximum atomic E-state index is 13.4. The summed E-state index contributed by atoms with van der Waals surface area (Å²) in [6.45, 7) is 1.53. The lowest BCUT2D eigenvalue weighted by atomic mass is 9.78. The van der Waals surface area contributed by atoms with Crippen LogP contribution in [0.4, 0.5) is 5.69 Å². The Morgan fingerprint density at radius 1 is 1.00 bits per heavy atom. The molecule has 0 spiro atoms. The number of hydrogen-bond donors (Lipinski definition) is 5. The zero-order chi connectivity index (χ0) is 20.0. The number of rotatable bonds is 3. The molecule has 0 fully saturated rings. The topological polar surface area (TPSA) is 136 Å². The van der Waals surface area contributed by atoms with Crippen LogP contribution in [-0.2, 0) is 0 Å². The number of nitrogens with two attached hydrogens (primary N) is 1. The van der Waals surface area contributed by atoms with Crippen molar-refractivity contribution >= 4 is 17.3 Å². The summed E-state index contributed by atoms with van der Waals surface area (Å²) in [7, 11) is 0. The van der Waals surface area contributed by atoms with E-state index in [9.17, 15) is 24.9 Å². The molecule has 0 saturated heterocycles. The smallest absolute Gasteiger partial charge is 0.200 e. The maximum absolute atomic E-state index is 13.4. The summed E-state index contributed by atoms with van der Waals surface area (Å²) in [6.07, 6.45) is 0. The van der Waals surface area contributed by atoms with E-state index in [4.69, 9.17) is 5.73 Å². The summed E-state index contributed by atoms with van der Waals surface area (Å²) in [6, 6.07) is 5.50. The van der Waals surface area contributed by atoms with Gasteiger partial charge in [-0.2, -0.15) is 0 Å². The molecule has 0 saturated carbocycles. The minimum absolute atomic E-state index is 0.0691. The van der Waals surface area contributed by atoms with E-state index in [0.29, 0.717) is 30.9 Å². The Bertz CT molecular complexity index is 988. The summed E-state index contributed by atoms with van der Waals surface area (Å²) in [4.78, 5) is 28.6. The molecule has 1 heterocycles. The second-order valence-corrected chi connectivity index (χ2v) is 6.90. The lowest BCUT2D eigenvalue weighted by Gasteiger charge is -2.32. The number of nitrogens with zero attached hydrogens (tertiary/aromatic N) is 1. The van der Waals surface area contributed by atoms with Crippen molar-refractivity contribution in [3.05, 3.63) is 52.1 Å². The Hall–Kier alpha value is -2.94. The molecule has 146 valence electrons. The zero-order valence-corrected chi connectivity index (χ0v) is 15.1. The Balaban J connectivity index is 2.01. The van der Waals surface area contributed by atoms with Crippen molar-refractivity contribution in [1.29, 1.82) is 0 Å². The highest BCUT2D eigenvalue weighted by molar-refractivity contribution is 6.32. The van der Waals surface area contributed by atoms with Gasteiger partial charge in [0, 0.05) is 43.5 Å². The van der Waals surface area contributed by atoms with Gasteiger partial charge in [0.15, 0.2) is 11.6 Å². The van der Waals surface area contributed by atoms with E-state index >= 15 is 0 Å². The van der Waals surface area contributed by atoms with E-state index in [1.165, 1.54) is 12.1 Å². The normalized spacial score (nSPS) is 18.7. The van der Waals surface area contributed by atoms with Crippen LogP contribution in [0.3, 0.4) is 0 Å². The highest BCUT2D eigenvalue weighted by atomic mass is 16.3. The van der Waals surface area contributed by atoms with Crippen molar-refractivity contribution in [3.63, 3.8) is 0 Å². The van der Waals surface area contributed by atoms with Gasteiger partial charge in [0.25, 0.3) is 0 Å².